The molecule has 2 aromatic carbocycles. The van der Waals surface area contributed by atoms with Crippen LogP contribution in [0.2, 0.25) is 0 Å². The largest absolute Gasteiger partial charge is 0.497 e. The van der Waals surface area contributed by atoms with E-state index in [9.17, 15) is 4.79 Å². The van der Waals surface area contributed by atoms with Crippen LogP contribution < -0.4 is 20.1 Å². The number of ether oxygens (including phenoxy) is 2. The lowest BCUT2D eigenvalue weighted by atomic mass is 9.59. The highest BCUT2D eigenvalue weighted by Crippen LogP contribution is 2.46. The van der Waals surface area contributed by atoms with Crippen molar-refractivity contribution in [2.75, 3.05) is 20.8 Å². The molecule has 1 amide bonds. The van der Waals surface area contributed by atoms with Gasteiger partial charge in [0.2, 0.25) is 0 Å². The second-order valence-corrected chi connectivity index (χ2v) is 8.45. The molecule has 5 nitrogen and oxygen atoms in total. The summed E-state index contributed by atoms with van der Waals surface area (Å²) in [5.74, 6) is 1.94. The van der Waals surface area contributed by atoms with Gasteiger partial charge in [0.05, 0.1) is 14.2 Å². The first-order valence-electron chi connectivity index (χ1n) is 10.3. The molecule has 3 atom stereocenters. The van der Waals surface area contributed by atoms with Gasteiger partial charge in [-0.25, -0.2) is 0 Å². The second-order valence-electron chi connectivity index (χ2n) is 8.45. The van der Waals surface area contributed by atoms with Gasteiger partial charge in [0.1, 0.15) is 11.5 Å². The first-order chi connectivity index (χ1) is 14.0. The van der Waals surface area contributed by atoms with E-state index in [1.165, 1.54) is 11.1 Å². The number of fused-ring (bicyclic) bond motifs is 4. The number of hydrogen-bond donors (Lipinski definition) is 2. The van der Waals surface area contributed by atoms with Crippen LogP contribution in [0.3, 0.4) is 0 Å². The van der Waals surface area contributed by atoms with Crippen molar-refractivity contribution in [3.63, 3.8) is 0 Å². The monoisotopic (exact) mass is 430 g/mol. The van der Waals surface area contributed by atoms with Gasteiger partial charge in [0, 0.05) is 29.8 Å². The third kappa shape index (κ3) is 3.88. The average Bonchev–Trinajstić information content (AvgIpc) is 2.74. The Morgan fingerprint density at radius 1 is 1.20 bits per heavy atom. The molecule has 6 heteroatoms. The number of nitrogens with one attached hydrogen (secondary N) is 2. The van der Waals surface area contributed by atoms with E-state index < -0.39 is 0 Å². The number of benzene rings is 2. The van der Waals surface area contributed by atoms with Crippen molar-refractivity contribution in [3.8, 4) is 11.5 Å². The Bertz CT molecular complexity index is 933. The summed E-state index contributed by atoms with van der Waals surface area (Å²) in [4.78, 5) is 12.9. The quantitative estimate of drug-likeness (QED) is 0.756. The van der Waals surface area contributed by atoms with Crippen molar-refractivity contribution >= 4 is 18.3 Å². The maximum Gasteiger partial charge on any atom is 0.251 e. The molecule has 0 aromatic heterocycles. The molecule has 1 aliphatic carbocycles. The summed E-state index contributed by atoms with van der Waals surface area (Å²) in [5.41, 5.74) is 4.48. The first-order valence-corrected chi connectivity index (χ1v) is 10.3. The van der Waals surface area contributed by atoms with Crippen molar-refractivity contribution in [2.24, 2.45) is 5.92 Å². The number of carbonyl (C=O) groups excluding carboxylic acids is 1. The zero-order valence-corrected chi connectivity index (χ0v) is 18.9. The van der Waals surface area contributed by atoms with Gasteiger partial charge >= 0.3 is 0 Å². The molecule has 2 bridgehead atoms. The van der Waals surface area contributed by atoms with Crippen LogP contribution in [-0.2, 0) is 18.4 Å². The Labute approximate surface area is 184 Å². The molecular formula is C24H31ClN2O3. The fourth-order valence-electron chi connectivity index (χ4n) is 4.93. The van der Waals surface area contributed by atoms with Gasteiger partial charge < -0.3 is 20.1 Å². The fraction of sp³-hybridized carbons (Fsp3) is 0.458. The van der Waals surface area contributed by atoms with Gasteiger partial charge in [-0.2, -0.15) is 0 Å². The maximum atomic E-state index is 12.9. The minimum absolute atomic E-state index is 0. The number of rotatable bonds is 5. The molecular weight excluding hydrogens is 400 g/mol. The highest BCUT2D eigenvalue weighted by atomic mass is 35.5. The summed E-state index contributed by atoms with van der Waals surface area (Å²) in [6.07, 6.45) is 2.14. The molecule has 1 saturated heterocycles. The van der Waals surface area contributed by atoms with Crippen LogP contribution in [0.4, 0.5) is 0 Å². The van der Waals surface area contributed by atoms with E-state index >= 15 is 0 Å². The molecule has 0 unspecified atom stereocenters. The maximum absolute atomic E-state index is 12.9. The Morgan fingerprint density at radius 2 is 2.00 bits per heavy atom. The predicted molar refractivity (Wildman–Crippen MR) is 121 cm³/mol. The second kappa shape index (κ2) is 8.86. The summed E-state index contributed by atoms with van der Waals surface area (Å²) >= 11 is 0. The molecule has 2 aliphatic rings. The first kappa shape index (κ1) is 22.4. The highest BCUT2D eigenvalue weighted by molar-refractivity contribution is 5.94. The molecule has 162 valence electrons. The smallest absolute Gasteiger partial charge is 0.251 e. The van der Waals surface area contributed by atoms with E-state index in [0.717, 1.165) is 36.3 Å². The Kier molecular flexibility index (Phi) is 6.63. The van der Waals surface area contributed by atoms with Crippen LogP contribution in [0.5, 0.6) is 11.5 Å². The van der Waals surface area contributed by atoms with Gasteiger partial charge in [-0.1, -0.05) is 19.9 Å². The van der Waals surface area contributed by atoms with Crippen LogP contribution in [-0.4, -0.2) is 32.7 Å². The van der Waals surface area contributed by atoms with Gasteiger partial charge in [0.15, 0.2) is 0 Å². The van der Waals surface area contributed by atoms with Crippen molar-refractivity contribution in [1.29, 1.82) is 0 Å². The van der Waals surface area contributed by atoms with E-state index in [1.54, 1.807) is 14.2 Å². The summed E-state index contributed by atoms with van der Waals surface area (Å²) in [7, 11) is 3.25. The van der Waals surface area contributed by atoms with Gasteiger partial charge in [-0.15, -0.1) is 12.4 Å². The number of hydrogen-bond acceptors (Lipinski definition) is 4. The lowest BCUT2D eigenvalue weighted by molar-refractivity contribution is 0.0950. The topological polar surface area (TPSA) is 59.6 Å². The van der Waals surface area contributed by atoms with Crippen molar-refractivity contribution in [3.05, 3.63) is 58.7 Å². The van der Waals surface area contributed by atoms with Crippen LogP contribution in [0.15, 0.2) is 36.4 Å². The van der Waals surface area contributed by atoms with E-state index in [1.807, 2.05) is 24.3 Å². The van der Waals surface area contributed by atoms with E-state index in [0.29, 0.717) is 24.3 Å². The van der Waals surface area contributed by atoms with Gasteiger partial charge in [0.25, 0.3) is 5.91 Å². The number of carbonyl (C=O) groups is 1. The SMILES string of the molecule is COc1ccc(CNC(=O)c2ccc3c(c2)[C@@]2(C)CCN[C@H](C3)[C@@H]2C)c(OC)c1.Cl. The number of halogens is 1. The molecule has 0 radical (unpaired) electrons. The standard InChI is InChI=1S/C24H30N2O3.ClH/c1-15-21-12-16-5-6-17(11-20(16)24(15,2)9-10-25-21)23(27)26-14-18-7-8-19(28-3)13-22(18)29-4;/h5-8,11,13,15,21,25H,9-10,12,14H2,1-4H3,(H,26,27);1H/t15-,21+,24-;/m0./s1. The van der Waals surface area contributed by atoms with E-state index in [2.05, 4.69) is 36.6 Å². The van der Waals surface area contributed by atoms with Crippen molar-refractivity contribution in [1.82, 2.24) is 10.6 Å². The van der Waals surface area contributed by atoms with Crippen LogP contribution in [0, 0.1) is 5.92 Å². The molecule has 2 N–H and O–H groups in total. The Morgan fingerprint density at radius 3 is 2.73 bits per heavy atom. The third-order valence-corrected chi connectivity index (χ3v) is 7.02. The van der Waals surface area contributed by atoms with E-state index in [-0.39, 0.29) is 23.7 Å². The number of methoxy groups -OCH3 is 2. The van der Waals surface area contributed by atoms with Gasteiger partial charge in [-0.3, -0.25) is 4.79 Å². The predicted octanol–water partition coefficient (Wildman–Crippen LogP) is 3.87. The van der Waals surface area contributed by atoms with Crippen molar-refractivity contribution in [2.45, 2.75) is 44.7 Å². The molecule has 0 saturated carbocycles. The normalized spacial score (nSPS) is 24.3. The summed E-state index contributed by atoms with van der Waals surface area (Å²) in [6.45, 7) is 6.14. The molecule has 1 aliphatic heterocycles. The average molecular weight is 431 g/mol. The van der Waals surface area contributed by atoms with E-state index in [4.69, 9.17) is 9.47 Å². The minimum atomic E-state index is -0.0574. The molecule has 30 heavy (non-hydrogen) atoms. The summed E-state index contributed by atoms with van der Waals surface area (Å²) in [5, 5.41) is 6.70. The lowest BCUT2D eigenvalue weighted by Gasteiger charge is -2.50. The number of piperidine rings is 1. The molecule has 1 fully saturated rings. The van der Waals surface area contributed by atoms with Crippen molar-refractivity contribution < 1.29 is 14.3 Å². The van der Waals surface area contributed by atoms with Crippen LogP contribution >= 0.6 is 12.4 Å². The molecule has 2 aromatic rings. The van der Waals surface area contributed by atoms with Crippen LogP contribution in [0.25, 0.3) is 0 Å². The van der Waals surface area contributed by atoms with Crippen LogP contribution in [0.1, 0.15) is 47.3 Å². The minimum Gasteiger partial charge on any atom is -0.497 e. The third-order valence-electron chi connectivity index (χ3n) is 7.02. The zero-order chi connectivity index (χ0) is 20.6. The number of amides is 1. The summed E-state index contributed by atoms with van der Waals surface area (Å²) in [6, 6.07) is 12.4. The zero-order valence-electron chi connectivity index (χ0n) is 18.1. The summed E-state index contributed by atoms with van der Waals surface area (Å²) < 4.78 is 10.7. The molecule has 4 rings (SSSR count). The Balaban J connectivity index is 0.00000256. The Hall–Kier alpha value is -2.24. The van der Waals surface area contributed by atoms with Gasteiger partial charge in [-0.05, 0) is 66.1 Å². The lowest BCUT2D eigenvalue weighted by Crippen LogP contribution is -2.56. The molecule has 0 spiro atoms. The highest BCUT2D eigenvalue weighted by Gasteiger charge is 2.45. The molecule has 1 heterocycles. The fourth-order valence-corrected chi connectivity index (χ4v) is 4.93.